The Kier molecular flexibility index (Phi) is 6.19. The van der Waals surface area contributed by atoms with Crippen molar-refractivity contribution in [2.24, 2.45) is 0 Å². The average Bonchev–Trinajstić information content (AvgIpc) is 3.05. The van der Waals surface area contributed by atoms with E-state index >= 15 is 0 Å². The minimum atomic E-state index is -3.42. The number of ether oxygens (including phenoxy) is 1. The van der Waals surface area contributed by atoms with Crippen LogP contribution < -0.4 is 10.0 Å². The van der Waals surface area contributed by atoms with Gasteiger partial charge in [0.15, 0.2) is 0 Å². The van der Waals surface area contributed by atoms with E-state index < -0.39 is 10.0 Å². The molecule has 0 bridgehead atoms. The van der Waals surface area contributed by atoms with E-state index in [4.69, 9.17) is 4.74 Å². The molecule has 2 rings (SSSR count). The molecule has 2 N–H and O–H groups in total. The van der Waals surface area contributed by atoms with Crippen LogP contribution in [0.2, 0.25) is 0 Å². The van der Waals surface area contributed by atoms with Gasteiger partial charge in [-0.2, -0.15) is 0 Å². The highest BCUT2D eigenvalue weighted by molar-refractivity contribution is 7.91. The van der Waals surface area contributed by atoms with Gasteiger partial charge in [0.25, 0.3) is 0 Å². The maximum atomic E-state index is 12.4. The topological polar surface area (TPSA) is 67.4 Å². The van der Waals surface area contributed by atoms with E-state index in [1.54, 1.807) is 6.07 Å². The molecule has 120 valence electrons. The summed E-state index contributed by atoms with van der Waals surface area (Å²) in [5.74, 6) is 0. The van der Waals surface area contributed by atoms with Gasteiger partial charge in [0.1, 0.15) is 4.21 Å². The predicted octanol–water partition coefficient (Wildman–Crippen LogP) is 1.75. The molecule has 0 amide bonds. The lowest BCUT2D eigenvalue weighted by atomic mass is 10.2. The lowest BCUT2D eigenvalue weighted by Gasteiger charge is -2.15. The van der Waals surface area contributed by atoms with E-state index in [1.807, 2.05) is 13.0 Å². The molecule has 5 nitrogen and oxygen atoms in total. The second-order valence-electron chi connectivity index (χ2n) is 5.31. The first-order valence-corrected chi connectivity index (χ1v) is 9.76. The first-order chi connectivity index (χ1) is 10.0. The van der Waals surface area contributed by atoms with Gasteiger partial charge in [-0.1, -0.05) is 6.92 Å². The fraction of sp³-hybridized carbons (Fsp3) is 0.714. The summed E-state index contributed by atoms with van der Waals surface area (Å²) in [7, 11) is -3.42. The summed E-state index contributed by atoms with van der Waals surface area (Å²) in [4.78, 5) is 1.09. The number of rotatable bonds is 8. The highest BCUT2D eigenvalue weighted by Crippen LogP contribution is 2.23. The maximum absolute atomic E-state index is 12.4. The van der Waals surface area contributed by atoms with Crippen LogP contribution in [0.5, 0.6) is 0 Å². The third-order valence-electron chi connectivity index (χ3n) is 3.56. The maximum Gasteiger partial charge on any atom is 0.250 e. The van der Waals surface area contributed by atoms with Crippen LogP contribution in [0, 0.1) is 0 Å². The molecule has 1 fully saturated rings. The Balaban J connectivity index is 1.92. The van der Waals surface area contributed by atoms with Crippen molar-refractivity contribution >= 4 is 21.4 Å². The number of thiophene rings is 1. The fourth-order valence-electron chi connectivity index (χ4n) is 2.29. The summed E-state index contributed by atoms with van der Waals surface area (Å²) in [6.45, 7) is 6.53. The summed E-state index contributed by atoms with van der Waals surface area (Å²) >= 11 is 1.35. The first kappa shape index (κ1) is 16.9. The minimum absolute atomic E-state index is 0.0579. The number of hydrogen-bond acceptors (Lipinski definition) is 5. The second kappa shape index (κ2) is 7.69. The SMILES string of the molecule is CCCNCCc1ccc(S(=O)(=O)NC2CCOC2C)s1. The van der Waals surface area contributed by atoms with Gasteiger partial charge < -0.3 is 10.1 Å². The molecule has 1 aromatic heterocycles. The van der Waals surface area contributed by atoms with Gasteiger partial charge in [-0.25, -0.2) is 13.1 Å². The molecule has 21 heavy (non-hydrogen) atoms. The Hall–Kier alpha value is -0.470. The molecule has 7 heteroatoms. The lowest BCUT2D eigenvalue weighted by Crippen LogP contribution is -2.38. The van der Waals surface area contributed by atoms with Crippen LogP contribution in [0.1, 0.15) is 31.6 Å². The van der Waals surface area contributed by atoms with Gasteiger partial charge in [0.05, 0.1) is 12.1 Å². The highest BCUT2D eigenvalue weighted by Gasteiger charge is 2.29. The molecule has 0 saturated carbocycles. The van der Waals surface area contributed by atoms with Crippen LogP contribution in [0.15, 0.2) is 16.3 Å². The summed E-state index contributed by atoms with van der Waals surface area (Å²) in [6, 6.07) is 3.48. The summed E-state index contributed by atoms with van der Waals surface area (Å²) in [6.07, 6.45) is 2.65. The molecule has 1 aliphatic heterocycles. The molecule has 2 heterocycles. The van der Waals surface area contributed by atoms with Crippen molar-refractivity contribution in [2.75, 3.05) is 19.7 Å². The molecule has 0 spiro atoms. The number of hydrogen-bond donors (Lipinski definition) is 2. The van der Waals surface area contributed by atoms with E-state index in [-0.39, 0.29) is 12.1 Å². The molecule has 2 unspecified atom stereocenters. The fourth-order valence-corrected chi connectivity index (χ4v) is 5.00. The van der Waals surface area contributed by atoms with E-state index in [0.29, 0.717) is 10.8 Å². The van der Waals surface area contributed by atoms with Crippen molar-refractivity contribution in [3.8, 4) is 0 Å². The van der Waals surface area contributed by atoms with Crippen LogP contribution in [-0.2, 0) is 21.2 Å². The van der Waals surface area contributed by atoms with Crippen LogP contribution in [0.4, 0.5) is 0 Å². The van der Waals surface area contributed by atoms with Gasteiger partial charge in [-0.05, 0) is 51.4 Å². The van der Waals surface area contributed by atoms with E-state index in [1.165, 1.54) is 11.3 Å². The Morgan fingerprint density at radius 3 is 2.86 bits per heavy atom. The third kappa shape index (κ3) is 4.75. The first-order valence-electron chi connectivity index (χ1n) is 7.46. The predicted molar refractivity (Wildman–Crippen MR) is 85.3 cm³/mol. The molecule has 1 aliphatic rings. The van der Waals surface area contributed by atoms with Gasteiger partial charge in [0.2, 0.25) is 10.0 Å². The summed E-state index contributed by atoms with van der Waals surface area (Å²) in [5.41, 5.74) is 0. The Bertz CT molecular complexity index is 542. The zero-order valence-corrected chi connectivity index (χ0v) is 14.2. The zero-order chi connectivity index (χ0) is 15.3. The molecule has 1 aromatic rings. The van der Waals surface area contributed by atoms with Crippen molar-refractivity contribution in [2.45, 2.75) is 49.5 Å². The smallest absolute Gasteiger partial charge is 0.250 e. The highest BCUT2D eigenvalue weighted by atomic mass is 32.2. The molecular formula is C14H24N2O3S2. The van der Waals surface area contributed by atoms with Gasteiger partial charge >= 0.3 is 0 Å². The number of nitrogens with one attached hydrogen (secondary N) is 2. The lowest BCUT2D eigenvalue weighted by molar-refractivity contribution is 0.117. The van der Waals surface area contributed by atoms with Crippen LogP contribution in [0.3, 0.4) is 0 Å². The molecule has 0 aromatic carbocycles. The second-order valence-corrected chi connectivity index (χ2v) is 8.42. The van der Waals surface area contributed by atoms with E-state index in [2.05, 4.69) is 17.0 Å². The summed E-state index contributed by atoms with van der Waals surface area (Å²) in [5, 5.41) is 3.32. The van der Waals surface area contributed by atoms with E-state index in [9.17, 15) is 8.42 Å². The average molecular weight is 332 g/mol. The van der Waals surface area contributed by atoms with Crippen LogP contribution in [-0.4, -0.2) is 40.3 Å². The molecule has 1 saturated heterocycles. The monoisotopic (exact) mass is 332 g/mol. The van der Waals surface area contributed by atoms with Crippen molar-refractivity contribution < 1.29 is 13.2 Å². The van der Waals surface area contributed by atoms with Crippen LogP contribution in [0.25, 0.3) is 0 Å². The molecule has 0 aliphatic carbocycles. The Morgan fingerprint density at radius 2 is 2.19 bits per heavy atom. The third-order valence-corrected chi connectivity index (χ3v) is 6.69. The zero-order valence-electron chi connectivity index (χ0n) is 12.6. The van der Waals surface area contributed by atoms with Crippen LogP contribution >= 0.6 is 11.3 Å². The van der Waals surface area contributed by atoms with Crippen molar-refractivity contribution in [1.29, 1.82) is 0 Å². The standard InChI is InChI=1S/C14H24N2O3S2/c1-3-8-15-9-6-12-4-5-14(20-12)21(17,18)16-13-7-10-19-11(13)2/h4-5,11,13,15-16H,3,6-10H2,1-2H3. The normalized spacial score (nSPS) is 22.8. The minimum Gasteiger partial charge on any atom is -0.377 e. The van der Waals surface area contributed by atoms with E-state index in [0.717, 1.165) is 37.2 Å². The molecular weight excluding hydrogens is 308 g/mol. The number of sulfonamides is 1. The summed E-state index contributed by atoms with van der Waals surface area (Å²) < 4.78 is 33.2. The van der Waals surface area contributed by atoms with Gasteiger partial charge in [-0.15, -0.1) is 11.3 Å². The van der Waals surface area contributed by atoms with Crippen molar-refractivity contribution in [1.82, 2.24) is 10.0 Å². The largest absolute Gasteiger partial charge is 0.377 e. The van der Waals surface area contributed by atoms with Crippen molar-refractivity contribution in [3.63, 3.8) is 0 Å². The van der Waals surface area contributed by atoms with Gasteiger partial charge in [-0.3, -0.25) is 0 Å². The Labute approximate surface area is 131 Å². The quantitative estimate of drug-likeness (QED) is 0.712. The van der Waals surface area contributed by atoms with Crippen molar-refractivity contribution in [3.05, 3.63) is 17.0 Å². The molecule has 2 atom stereocenters. The van der Waals surface area contributed by atoms with Gasteiger partial charge in [0, 0.05) is 11.5 Å². The Morgan fingerprint density at radius 1 is 1.38 bits per heavy atom. The molecule has 0 radical (unpaired) electrons.